The van der Waals surface area contributed by atoms with Gasteiger partial charge < -0.3 is 4.74 Å². The van der Waals surface area contributed by atoms with Crippen LogP contribution in [-0.4, -0.2) is 19.2 Å². The van der Waals surface area contributed by atoms with Crippen molar-refractivity contribution in [1.82, 2.24) is 0 Å². The maximum Gasteiger partial charge on any atom is 0.248 e. The van der Waals surface area contributed by atoms with Gasteiger partial charge in [0.15, 0.2) is 0 Å². The first-order chi connectivity index (χ1) is 8.96. The molecule has 1 heterocycles. The number of alkyl halides is 2. The summed E-state index contributed by atoms with van der Waals surface area (Å²) in [5.74, 6) is -1.84. The van der Waals surface area contributed by atoms with E-state index in [4.69, 9.17) is 4.74 Å². The van der Waals surface area contributed by atoms with E-state index in [0.29, 0.717) is 18.6 Å². The molecule has 0 aromatic heterocycles. The monoisotopic (exact) mass is 329 g/mol. The summed E-state index contributed by atoms with van der Waals surface area (Å²) in [6, 6.07) is 3.83. The van der Waals surface area contributed by atoms with Gasteiger partial charge in [-0.1, -0.05) is 15.9 Å². The Balaban J connectivity index is 2.03. The van der Waals surface area contributed by atoms with Crippen molar-refractivity contribution in [3.63, 3.8) is 0 Å². The second-order valence-electron chi connectivity index (χ2n) is 5.27. The van der Waals surface area contributed by atoms with Gasteiger partial charge in [0.1, 0.15) is 11.4 Å². The van der Waals surface area contributed by atoms with Gasteiger partial charge in [0.05, 0.1) is 7.11 Å². The molecule has 1 aliphatic heterocycles. The Hall–Kier alpha value is -0.970. The molecule has 0 amide bonds. The molecule has 0 saturated heterocycles. The minimum atomic E-state index is -2.53. The number of ether oxygens (including phenoxy) is 1. The first-order valence-corrected chi connectivity index (χ1v) is 7.06. The SMILES string of the molecule is COc1cc(Br)cc2c1N=CC21CCC(F)(F)CC1. The Labute approximate surface area is 119 Å². The predicted octanol–water partition coefficient (Wildman–Crippen LogP) is 4.62. The number of hydrogen-bond donors (Lipinski definition) is 0. The van der Waals surface area contributed by atoms with Crippen LogP contribution in [0.1, 0.15) is 31.2 Å². The van der Waals surface area contributed by atoms with Crippen molar-refractivity contribution in [1.29, 1.82) is 0 Å². The van der Waals surface area contributed by atoms with Gasteiger partial charge in [-0.25, -0.2) is 8.78 Å². The number of aliphatic imine (C=N–C) groups is 1. The lowest BCUT2D eigenvalue weighted by Crippen LogP contribution is -2.36. The zero-order chi connectivity index (χ0) is 13.7. The Morgan fingerprint density at radius 2 is 1.89 bits per heavy atom. The van der Waals surface area contributed by atoms with E-state index in [1.165, 1.54) is 0 Å². The standard InChI is InChI=1S/C14H14BrF2NO/c1-19-11-7-9(15)6-10-12(11)18-8-13(10)2-4-14(16,17)5-3-13/h6-8H,2-5H2,1H3. The van der Waals surface area contributed by atoms with Crippen LogP contribution in [0.5, 0.6) is 5.75 Å². The van der Waals surface area contributed by atoms with Gasteiger partial charge in [-0.2, -0.15) is 0 Å². The Morgan fingerprint density at radius 3 is 2.53 bits per heavy atom. The van der Waals surface area contributed by atoms with E-state index in [0.717, 1.165) is 15.7 Å². The summed E-state index contributed by atoms with van der Waals surface area (Å²) in [6.07, 6.45) is 2.56. The molecule has 3 rings (SSSR count). The van der Waals surface area contributed by atoms with Crippen LogP contribution in [-0.2, 0) is 5.41 Å². The molecule has 2 nitrogen and oxygen atoms in total. The number of hydrogen-bond acceptors (Lipinski definition) is 2. The maximum absolute atomic E-state index is 13.4. The lowest BCUT2D eigenvalue weighted by Gasteiger charge is -2.36. The molecule has 1 saturated carbocycles. The van der Waals surface area contributed by atoms with Crippen LogP contribution in [0.25, 0.3) is 0 Å². The van der Waals surface area contributed by atoms with Crippen LogP contribution in [0.4, 0.5) is 14.5 Å². The van der Waals surface area contributed by atoms with Crippen LogP contribution >= 0.6 is 15.9 Å². The third kappa shape index (κ3) is 2.08. The molecular weight excluding hydrogens is 316 g/mol. The van der Waals surface area contributed by atoms with Crippen LogP contribution in [0.2, 0.25) is 0 Å². The molecule has 0 N–H and O–H groups in total. The van der Waals surface area contributed by atoms with Gasteiger partial charge in [0, 0.05) is 28.9 Å². The number of fused-ring (bicyclic) bond motifs is 2. The van der Waals surface area contributed by atoms with Gasteiger partial charge >= 0.3 is 0 Å². The van der Waals surface area contributed by atoms with Gasteiger partial charge in [-0.3, -0.25) is 4.99 Å². The summed E-state index contributed by atoms with van der Waals surface area (Å²) in [6.45, 7) is 0. The zero-order valence-electron chi connectivity index (χ0n) is 10.5. The summed E-state index contributed by atoms with van der Waals surface area (Å²) in [5, 5.41) is 0. The average Bonchev–Trinajstić information content (AvgIpc) is 2.72. The fourth-order valence-corrected chi connectivity index (χ4v) is 3.40. The van der Waals surface area contributed by atoms with E-state index in [-0.39, 0.29) is 18.3 Å². The third-order valence-corrected chi connectivity index (χ3v) is 4.57. The minimum Gasteiger partial charge on any atom is -0.494 e. The zero-order valence-corrected chi connectivity index (χ0v) is 12.1. The number of nitrogens with zero attached hydrogens (tertiary/aromatic N) is 1. The first-order valence-electron chi connectivity index (χ1n) is 6.27. The summed E-state index contributed by atoms with van der Waals surface area (Å²) in [7, 11) is 1.59. The third-order valence-electron chi connectivity index (χ3n) is 4.11. The average molecular weight is 330 g/mol. The molecule has 2 aliphatic rings. The van der Waals surface area contributed by atoms with E-state index in [9.17, 15) is 8.78 Å². The predicted molar refractivity (Wildman–Crippen MR) is 73.9 cm³/mol. The molecule has 5 heteroatoms. The highest BCUT2D eigenvalue weighted by molar-refractivity contribution is 9.10. The highest BCUT2D eigenvalue weighted by atomic mass is 79.9. The second-order valence-corrected chi connectivity index (χ2v) is 6.19. The van der Waals surface area contributed by atoms with Crippen LogP contribution < -0.4 is 4.74 Å². The summed E-state index contributed by atoms with van der Waals surface area (Å²) in [4.78, 5) is 4.42. The molecular formula is C14H14BrF2NO. The normalized spacial score (nSPS) is 22.5. The molecule has 102 valence electrons. The summed E-state index contributed by atoms with van der Waals surface area (Å²) in [5.41, 5.74) is 1.46. The van der Waals surface area contributed by atoms with Crippen LogP contribution in [0.15, 0.2) is 21.6 Å². The van der Waals surface area contributed by atoms with Crippen LogP contribution in [0.3, 0.4) is 0 Å². The van der Waals surface area contributed by atoms with Crippen molar-refractivity contribution in [3.05, 3.63) is 22.2 Å². The fraction of sp³-hybridized carbons (Fsp3) is 0.500. The molecule has 0 bridgehead atoms. The summed E-state index contributed by atoms with van der Waals surface area (Å²) < 4.78 is 32.9. The molecule has 1 spiro atoms. The van der Waals surface area contributed by atoms with E-state index < -0.39 is 5.92 Å². The van der Waals surface area contributed by atoms with E-state index in [2.05, 4.69) is 20.9 Å². The van der Waals surface area contributed by atoms with Gasteiger partial charge in [-0.15, -0.1) is 0 Å². The molecule has 1 fully saturated rings. The second kappa shape index (κ2) is 4.27. The highest BCUT2D eigenvalue weighted by Crippen LogP contribution is 2.52. The smallest absolute Gasteiger partial charge is 0.248 e. The largest absolute Gasteiger partial charge is 0.494 e. The van der Waals surface area contributed by atoms with Gasteiger partial charge in [0.25, 0.3) is 0 Å². The van der Waals surface area contributed by atoms with E-state index in [1.807, 2.05) is 18.3 Å². The van der Waals surface area contributed by atoms with Gasteiger partial charge in [-0.05, 0) is 30.5 Å². The molecule has 19 heavy (non-hydrogen) atoms. The first kappa shape index (κ1) is 13.0. The molecule has 1 aromatic rings. The fourth-order valence-electron chi connectivity index (χ4n) is 2.96. The van der Waals surface area contributed by atoms with Crippen molar-refractivity contribution < 1.29 is 13.5 Å². The number of halogens is 3. The Bertz CT molecular complexity index is 547. The minimum absolute atomic E-state index is 0.0761. The molecule has 1 aromatic carbocycles. The van der Waals surface area contributed by atoms with E-state index in [1.54, 1.807) is 7.11 Å². The lowest BCUT2D eigenvalue weighted by atomic mass is 9.70. The molecule has 0 unspecified atom stereocenters. The van der Waals surface area contributed by atoms with Gasteiger partial charge in [0.2, 0.25) is 5.92 Å². The van der Waals surface area contributed by atoms with Crippen molar-refractivity contribution in [2.75, 3.05) is 7.11 Å². The van der Waals surface area contributed by atoms with Crippen molar-refractivity contribution in [2.24, 2.45) is 4.99 Å². The molecule has 0 radical (unpaired) electrons. The van der Waals surface area contributed by atoms with Crippen LogP contribution in [0, 0.1) is 0 Å². The van der Waals surface area contributed by atoms with Crippen molar-refractivity contribution >= 4 is 27.8 Å². The number of rotatable bonds is 1. The molecule has 1 aliphatic carbocycles. The van der Waals surface area contributed by atoms with E-state index >= 15 is 0 Å². The Morgan fingerprint density at radius 1 is 1.21 bits per heavy atom. The summed E-state index contributed by atoms with van der Waals surface area (Å²) >= 11 is 3.45. The Kier molecular flexibility index (Phi) is 2.93. The molecule has 0 atom stereocenters. The van der Waals surface area contributed by atoms with Crippen molar-refractivity contribution in [2.45, 2.75) is 37.0 Å². The highest BCUT2D eigenvalue weighted by Gasteiger charge is 2.46. The quantitative estimate of drug-likeness (QED) is 0.736. The lowest BCUT2D eigenvalue weighted by molar-refractivity contribution is -0.0432. The number of methoxy groups -OCH3 is 1. The number of benzene rings is 1. The topological polar surface area (TPSA) is 21.6 Å². The van der Waals surface area contributed by atoms with Crippen molar-refractivity contribution in [3.8, 4) is 5.75 Å². The maximum atomic E-state index is 13.4.